The van der Waals surface area contributed by atoms with Crippen LogP contribution in [0.2, 0.25) is 0 Å². The summed E-state index contributed by atoms with van der Waals surface area (Å²) in [6.45, 7) is 1.30. The van der Waals surface area contributed by atoms with E-state index in [4.69, 9.17) is 4.52 Å². The first-order valence-corrected chi connectivity index (χ1v) is 8.60. The van der Waals surface area contributed by atoms with E-state index in [-0.39, 0.29) is 23.5 Å². The SMILES string of the molecule is Cc1cc(NC(=O)Cn2cnc3c(nnn3-c3ccc(OC(F)(F)F)cc3)c2=O)no1. The molecule has 31 heavy (non-hydrogen) atoms. The number of anilines is 1. The van der Waals surface area contributed by atoms with Gasteiger partial charge in [0.25, 0.3) is 5.56 Å². The fourth-order valence-corrected chi connectivity index (χ4v) is 2.68. The van der Waals surface area contributed by atoms with Gasteiger partial charge in [-0.15, -0.1) is 18.3 Å². The smallest absolute Gasteiger partial charge is 0.406 e. The highest BCUT2D eigenvalue weighted by Crippen LogP contribution is 2.24. The van der Waals surface area contributed by atoms with Crippen LogP contribution < -0.4 is 15.6 Å². The summed E-state index contributed by atoms with van der Waals surface area (Å²) in [6, 6.07) is 6.30. The van der Waals surface area contributed by atoms with Gasteiger partial charge >= 0.3 is 6.36 Å². The lowest BCUT2D eigenvalue weighted by molar-refractivity contribution is -0.274. The molecule has 4 rings (SSSR count). The number of aromatic nitrogens is 6. The second kappa shape index (κ2) is 7.55. The van der Waals surface area contributed by atoms with Crippen molar-refractivity contribution in [2.75, 3.05) is 5.32 Å². The Bertz CT molecular complexity index is 1310. The number of carbonyl (C=O) groups excluding carboxylic acids is 1. The average Bonchev–Trinajstić information content (AvgIpc) is 3.30. The van der Waals surface area contributed by atoms with E-state index < -0.39 is 23.6 Å². The number of alkyl halides is 3. The summed E-state index contributed by atoms with van der Waals surface area (Å²) in [5.41, 5.74) is -0.373. The van der Waals surface area contributed by atoms with Gasteiger partial charge in [-0.05, 0) is 31.2 Å². The standard InChI is InChI=1S/C17H12F3N7O4/c1-9-6-12(24-31-9)22-13(28)7-26-8-21-15-14(16(26)29)23-25-27(15)10-2-4-11(5-3-10)30-17(18,19)20/h2-6,8H,7H2,1H3,(H,22,24,28). The van der Waals surface area contributed by atoms with Crippen LogP contribution in [0.3, 0.4) is 0 Å². The summed E-state index contributed by atoms with van der Waals surface area (Å²) in [4.78, 5) is 28.8. The molecule has 0 aliphatic heterocycles. The number of rotatable bonds is 5. The van der Waals surface area contributed by atoms with E-state index in [1.54, 1.807) is 6.92 Å². The number of aryl methyl sites for hydroxylation is 1. The number of fused-ring (bicyclic) bond motifs is 1. The molecule has 0 saturated heterocycles. The van der Waals surface area contributed by atoms with Gasteiger partial charge in [-0.25, -0.2) is 4.98 Å². The number of nitrogens with zero attached hydrogens (tertiary/aromatic N) is 6. The van der Waals surface area contributed by atoms with Gasteiger partial charge in [0.15, 0.2) is 17.0 Å². The number of hydrogen-bond acceptors (Lipinski definition) is 8. The molecule has 0 atom stereocenters. The van der Waals surface area contributed by atoms with Crippen molar-refractivity contribution in [1.82, 2.24) is 29.7 Å². The number of hydrogen-bond donors (Lipinski definition) is 1. The van der Waals surface area contributed by atoms with Crippen molar-refractivity contribution >= 4 is 22.9 Å². The van der Waals surface area contributed by atoms with Gasteiger partial charge in [0.05, 0.1) is 5.69 Å². The molecular formula is C17H12F3N7O4. The normalized spacial score (nSPS) is 11.6. The van der Waals surface area contributed by atoms with Crippen LogP contribution in [0.25, 0.3) is 16.9 Å². The minimum absolute atomic E-state index is 0.0678. The second-order valence-electron chi connectivity index (χ2n) is 6.26. The van der Waals surface area contributed by atoms with Crippen LogP contribution >= 0.6 is 0 Å². The molecule has 1 aromatic carbocycles. The van der Waals surface area contributed by atoms with E-state index in [0.717, 1.165) is 23.0 Å². The third-order valence-electron chi connectivity index (χ3n) is 3.95. The number of carbonyl (C=O) groups is 1. The fourth-order valence-electron chi connectivity index (χ4n) is 2.68. The number of ether oxygens (including phenoxy) is 1. The van der Waals surface area contributed by atoms with Gasteiger partial charge < -0.3 is 14.6 Å². The molecule has 1 amide bonds. The zero-order valence-corrected chi connectivity index (χ0v) is 15.6. The second-order valence-corrected chi connectivity index (χ2v) is 6.26. The third kappa shape index (κ3) is 4.36. The molecule has 0 fully saturated rings. The Labute approximate surface area is 170 Å². The molecule has 3 heterocycles. The summed E-state index contributed by atoms with van der Waals surface area (Å²) >= 11 is 0. The summed E-state index contributed by atoms with van der Waals surface area (Å²) < 4.78 is 47.7. The Kier molecular flexibility index (Phi) is 4.88. The maximum atomic E-state index is 12.6. The van der Waals surface area contributed by atoms with Crippen LogP contribution in [0.15, 0.2) is 46.0 Å². The first-order chi connectivity index (χ1) is 14.7. The van der Waals surface area contributed by atoms with Crippen molar-refractivity contribution in [2.24, 2.45) is 0 Å². The van der Waals surface area contributed by atoms with Gasteiger partial charge in [0, 0.05) is 6.07 Å². The summed E-state index contributed by atoms with van der Waals surface area (Å²) in [5.74, 6) is -0.243. The van der Waals surface area contributed by atoms with E-state index in [1.807, 2.05) is 0 Å². The summed E-state index contributed by atoms with van der Waals surface area (Å²) in [6.07, 6.45) is -3.67. The molecule has 0 aliphatic rings. The lowest BCUT2D eigenvalue weighted by Crippen LogP contribution is -2.28. The Morgan fingerprint density at radius 2 is 2.00 bits per heavy atom. The molecule has 0 unspecified atom stereocenters. The van der Waals surface area contributed by atoms with Gasteiger partial charge in [-0.1, -0.05) is 10.4 Å². The van der Waals surface area contributed by atoms with Crippen LogP contribution in [0.4, 0.5) is 19.0 Å². The minimum Gasteiger partial charge on any atom is -0.406 e. The zero-order chi connectivity index (χ0) is 22.2. The molecule has 0 spiro atoms. The highest BCUT2D eigenvalue weighted by molar-refractivity contribution is 5.89. The largest absolute Gasteiger partial charge is 0.573 e. The molecule has 11 nitrogen and oxygen atoms in total. The van der Waals surface area contributed by atoms with E-state index >= 15 is 0 Å². The quantitative estimate of drug-likeness (QED) is 0.502. The van der Waals surface area contributed by atoms with Crippen molar-refractivity contribution in [2.45, 2.75) is 19.8 Å². The van der Waals surface area contributed by atoms with E-state index in [2.05, 4.69) is 30.5 Å². The summed E-state index contributed by atoms with van der Waals surface area (Å²) in [5, 5.41) is 13.7. The Hall–Kier alpha value is -4.23. The lowest BCUT2D eigenvalue weighted by atomic mass is 10.3. The Balaban J connectivity index is 1.56. The van der Waals surface area contributed by atoms with Crippen LogP contribution in [0.1, 0.15) is 5.76 Å². The highest BCUT2D eigenvalue weighted by Gasteiger charge is 2.31. The topological polar surface area (TPSA) is 130 Å². The van der Waals surface area contributed by atoms with E-state index in [9.17, 15) is 22.8 Å². The molecule has 0 radical (unpaired) electrons. The molecule has 4 aromatic rings. The summed E-state index contributed by atoms with van der Waals surface area (Å²) in [7, 11) is 0. The minimum atomic E-state index is -4.81. The predicted molar refractivity (Wildman–Crippen MR) is 97.5 cm³/mol. The van der Waals surface area contributed by atoms with Gasteiger partial charge in [-0.2, -0.15) is 4.68 Å². The van der Waals surface area contributed by atoms with Crippen LogP contribution in [-0.4, -0.2) is 42.0 Å². The Morgan fingerprint density at radius 3 is 2.65 bits per heavy atom. The lowest BCUT2D eigenvalue weighted by Gasteiger charge is -2.09. The molecule has 1 N–H and O–H groups in total. The maximum absolute atomic E-state index is 12.6. The Morgan fingerprint density at radius 1 is 1.26 bits per heavy atom. The first-order valence-electron chi connectivity index (χ1n) is 8.60. The maximum Gasteiger partial charge on any atom is 0.573 e. The number of amides is 1. The number of halogens is 3. The van der Waals surface area contributed by atoms with Gasteiger partial charge in [0.2, 0.25) is 5.91 Å². The molecule has 160 valence electrons. The van der Waals surface area contributed by atoms with E-state index in [0.29, 0.717) is 11.4 Å². The molecule has 0 saturated carbocycles. The molecule has 0 aliphatic carbocycles. The van der Waals surface area contributed by atoms with Crippen LogP contribution in [0.5, 0.6) is 5.75 Å². The van der Waals surface area contributed by atoms with Gasteiger partial charge in [-0.3, -0.25) is 14.2 Å². The molecular weight excluding hydrogens is 423 g/mol. The van der Waals surface area contributed by atoms with Crippen molar-refractivity contribution in [3.63, 3.8) is 0 Å². The van der Waals surface area contributed by atoms with Crippen molar-refractivity contribution in [3.05, 3.63) is 52.8 Å². The third-order valence-corrected chi connectivity index (χ3v) is 3.95. The molecule has 0 bridgehead atoms. The zero-order valence-electron chi connectivity index (χ0n) is 15.6. The fraction of sp³-hybridized carbons (Fsp3) is 0.176. The highest BCUT2D eigenvalue weighted by atomic mass is 19.4. The van der Waals surface area contributed by atoms with Crippen LogP contribution in [-0.2, 0) is 11.3 Å². The van der Waals surface area contributed by atoms with Crippen molar-refractivity contribution in [3.8, 4) is 11.4 Å². The first kappa shape index (κ1) is 20.1. The monoisotopic (exact) mass is 435 g/mol. The van der Waals surface area contributed by atoms with Crippen molar-refractivity contribution in [1.29, 1.82) is 0 Å². The van der Waals surface area contributed by atoms with Crippen LogP contribution in [0, 0.1) is 6.92 Å². The van der Waals surface area contributed by atoms with Crippen molar-refractivity contribution < 1.29 is 27.2 Å². The van der Waals surface area contributed by atoms with E-state index in [1.165, 1.54) is 22.9 Å². The molecule has 14 heteroatoms. The average molecular weight is 435 g/mol. The predicted octanol–water partition coefficient (Wildman–Crippen LogP) is 1.81. The molecule has 3 aromatic heterocycles. The number of benzene rings is 1. The number of nitrogens with one attached hydrogen (secondary N) is 1. The van der Waals surface area contributed by atoms with Gasteiger partial charge in [0.1, 0.15) is 24.4 Å².